The molecule has 1 heterocycles. The molecule has 3 aromatic rings. The van der Waals surface area contributed by atoms with Crippen molar-refractivity contribution in [1.82, 2.24) is 4.98 Å². The number of anilines is 1. The monoisotopic (exact) mass is 400 g/mol. The first-order valence-corrected chi connectivity index (χ1v) is 7.33. The van der Waals surface area contributed by atoms with Crippen LogP contribution in [-0.4, -0.2) is 4.98 Å². The highest BCUT2D eigenvalue weighted by molar-refractivity contribution is 9.11. The van der Waals surface area contributed by atoms with E-state index in [9.17, 15) is 0 Å². The maximum Gasteiger partial charge on any atom is 0.228 e. The van der Waals surface area contributed by atoms with Crippen LogP contribution in [0.1, 0.15) is 0 Å². The molecule has 3 nitrogen and oxygen atoms in total. The van der Waals surface area contributed by atoms with E-state index in [-0.39, 0.29) is 0 Å². The summed E-state index contributed by atoms with van der Waals surface area (Å²) < 4.78 is 7.21. The minimum absolute atomic E-state index is 0.471. The summed E-state index contributed by atoms with van der Waals surface area (Å²) in [5.74, 6) is 0.471. The number of halogens is 3. The molecule has 3 rings (SSSR count). The zero-order valence-electron chi connectivity index (χ0n) is 9.45. The Labute approximate surface area is 131 Å². The Hall–Kier alpha value is -1.04. The molecule has 0 aliphatic heterocycles. The molecule has 0 atom stereocenters. The molecule has 1 aromatic heterocycles. The van der Waals surface area contributed by atoms with Crippen LogP contribution < -0.4 is 5.73 Å². The summed E-state index contributed by atoms with van der Waals surface area (Å²) in [5.41, 5.74) is 8.57. The maximum atomic E-state index is 6.14. The van der Waals surface area contributed by atoms with Gasteiger partial charge in [0.1, 0.15) is 5.52 Å². The third-order valence-electron chi connectivity index (χ3n) is 2.71. The van der Waals surface area contributed by atoms with E-state index in [2.05, 4.69) is 36.8 Å². The molecular formula is C13H7Br2ClN2O. The lowest BCUT2D eigenvalue weighted by Gasteiger charge is -2.00. The smallest absolute Gasteiger partial charge is 0.228 e. The Balaban J connectivity index is 2.29. The molecule has 0 radical (unpaired) electrons. The van der Waals surface area contributed by atoms with Crippen LogP contribution in [0.15, 0.2) is 43.7 Å². The van der Waals surface area contributed by atoms with E-state index in [1.807, 2.05) is 24.3 Å². The van der Waals surface area contributed by atoms with Gasteiger partial charge in [-0.25, -0.2) is 4.98 Å². The Bertz CT molecular complexity index is 786. The van der Waals surface area contributed by atoms with Gasteiger partial charge >= 0.3 is 0 Å². The lowest BCUT2D eigenvalue weighted by molar-refractivity contribution is 0.618. The van der Waals surface area contributed by atoms with E-state index < -0.39 is 0 Å². The van der Waals surface area contributed by atoms with Gasteiger partial charge in [-0.1, -0.05) is 23.7 Å². The van der Waals surface area contributed by atoms with Gasteiger partial charge in [0.15, 0.2) is 5.58 Å². The lowest BCUT2D eigenvalue weighted by atomic mass is 10.2. The van der Waals surface area contributed by atoms with Crippen molar-refractivity contribution in [3.05, 3.63) is 44.3 Å². The summed E-state index contributed by atoms with van der Waals surface area (Å²) in [7, 11) is 0. The SMILES string of the molecule is Nc1c(Br)cc2nc(-c3ccccc3Cl)oc2c1Br. The molecule has 0 amide bonds. The number of hydrogen-bond donors (Lipinski definition) is 1. The van der Waals surface area contributed by atoms with Gasteiger partial charge in [0.05, 0.1) is 20.7 Å². The van der Waals surface area contributed by atoms with Gasteiger partial charge in [-0.2, -0.15) is 0 Å². The fourth-order valence-electron chi connectivity index (χ4n) is 1.76. The number of benzene rings is 2. The van der Waals surface area contributed by atoms with E-state index in [0.717, 1.165) is 10.0 Å². The zero-order valence-corrected chi connectivity index (χ0v) is 13.4. The number of nitrogens with zero attached hydrogens (tertiary/aromatic N) is 1. The van der Waals surface area contributed by atoms with Crippen LogP contribution in [0.4, 0.5) is 5.69 Å². The molecule has 0 saturated heterocycles. The quantitative estimate of drug-likeness (QED) is 0.565. The molecule has 0 spiro atoms. The molecule has 0 fully saturated rings. The molecular weight excluding hydrogens is 395 g/mol. The average Bonchev–Trinajstić information content (AvgIpc) is 2.80. The average molecular weight is 402 g/mol. The standard InChI is InChI=1S/C13H7Br2ClN2O/c14-7-5-9-12(10(15)11(7)17)19-13(18-9)6-3-1-2-4-8(6)16/h1-5H,17H2. The summed E-state index contributed by atoms with van der Waals surface area (Å²) >= 11 is 12.9. The molecule has 2 aromatic carbocycles. The number of aromatic nitrogens is 1. The van der Waals surface area contributed by atoms with Gasteiger partial charge < -0.3 is 10.2 Å². The van der Waals surface area contributed by atoms with Gasteiger partial charge in [0.2, 0.25) is 5.89 Å². The lowest BCUT2D eigenvalue weighted by Crippen LogP contribution is -1.88. The minimum atomic E-state index is 0.471. The van der Waals surface area contributed by atoms with Gasteiger partial charge in [0.25, 0.3) is 0 Å². The van der Waals surface area contributed by atoms with Crippen LogP contribution in [0, 0.1) is 0 Å². The highest BCUT2D eigenvalue weighted by atomic mass is 79.9. The summed E-state index contributed by atoms with van der Waals surface area (Å²) in [4.78, 5) is 4.44. The molecule has 19 heavy (non-hydrogen) atoms. The van der Waals surface area contributed by atoms with E-state index in [1.54, 1.807) is 6.07 Å². The van der Waals surface area contributed by atoms with Crippen molar-refractivity contribution >= 4 is 60.2 Å². The van der Waals surface area contributed by atoms with Crippen molar-refractivity contribution in [2.45, 2.75) is 0 Å². The Morgan fingerprint density at radius 2 is 1.95 bits per heavy atom. The normalized spacial score (nSPS) is 11.1. The summed E-state index contributed by atoms with van der Waals surface area (Å²) in [5, 5.41) is 0.595. The first-order valence-electron chi connectivity index (χ1n) is 5.37. The number of fused-ring (bicyclic) bond motifs is 1. The molecule has 0 aliphatic carbocycles. The second-order valence-electron chi connectivity index (χ2n) is 3.93. The van der Waals surface area contributed by atoms with E-state index in [0.29, 0.717) is 32.2 Å². The fraction of sp³-hybridized carbons (Fsp3) is 0. The Morgan fingerprint density at radius 3 is 2.68 bits per heavy atom. The van der Waals surface area contributed by atoms with Crippen LogP contribution >= 0.6 is 43.5 Å². The Kier molecular flexibility index (Phi) is 3.28. The van der Waals surface area contributed by atoms with Crippen LogP contribution in [-0.2, 0) is 0 Å². The zero-order chi connectivity index (χ0) is 13.6. The first-order chi connectivity index (χ1) is 9.08. The van der Waals surface area contributed by atoms with E-state index in [4.69, 9.17) is 21.8 Å². The van der Waals surface area contributed by atoms with Crippen molar-refractivity contribution in [3.63, 3.8) is 0 Å². The summed E-state index contributed by atoms with van der Waals surface area (Å²) in [6.45, 7) is 0. The number of nitrogens with two attached hydrogens (primary N) is 1. The number of nitrogen functional groups attached to an aromatic ring is 1. The van der Waals surface area contributed by atoms with Crippen molar-refractivity contribution in [3.8, 4) is 11.5 Å². The maximum absolute atomic E-state index is 6.14. The molecule has 6 heteroatoms. The largest absolute Gasteiger partial charge is 0.435 e. The predicted octanol–water partition coefficient (Wildman–Crippen LogP) is 5.26. The van der Waals surface area contributed by atoms with Crippen molar-refractivity contribution in [2.75, 3.05) is 5.73 Å². The fourth-order valence-corrected chi connectivity index (χ4v) is 3.16. The Morgan fingerprint density at radius 1 is 1.21 bits per heavy atom. The first kappa shape index (κ1) is 13.0. The van der Waals surface area contributed by atoms with Crippen molar-refractivity contribution < 1.29 is 4.42 Å². The van der Waals surface area contributed by atoms with Crippen LogP contribution in [0.2, 0.25) is 5.02 Å². The number of rotatable bonds is 1. The van der Waals surface area contributed by atoms with Crippen molar-refractivity contribution in [1.29, 1.82) is 0 Å². The second kappa shape index (κ2) is 4.81. The highest BCUT2D eigenvalue weighted by Gasteiger charge is 2.16. The summed E-state index contributed by atoms with van der Waals surface area (Å²) in [6.07, 6.45) is 0. The topological polar surface area (TPSA) is 52.0 Å². The third kappa shape index (κ3) is 2.16. The number of oxazole rings is 1. The molecule has 0 bridgehead atoms. The second-order valence-corrected chi connectivity index (χ2v) is 5.99. The molecule has 96 valence electrons. The van der Waals surface area contributed by atoms with Crippen LogP contribution in [0.5, 0.6) is 0 Å². The molecule has 0 aliphatic rings. The molecule has 0 saturated carbocycles. The molecule has 0 unspecified atom stereocenters. The molecule has 2 N–H and O–H groups in total. The van der Waals surface area contributed by atoms with Gasteiger partial charge in [-0.05, 0) is 50.1 Å². The minimum Gasteiger partial charge on any atom is -0.435 e. The third-order valence-corrected chi connectivity index (χ3v) is 4.49. The van der Waals surface area contributed by atoms with Crippen LogP contribution in [0.25, 0.3) is 22.6 Å². The van der Waals surface area contributed by atoms with Gasteiger partial charge in [-0.15, -0.1) is 0 Å². The van der Waals surface area contributed by atoms with Crippen molar-refractivity contribution in [2.24, 2.45) is 0 Å². The van der Waals surface area contributed by atoms with E-state index >= 15 is 0 Å². The highest BCUT2D eigenvalue weighted by Crippen LogP contribution is 2.38. The predicted molar refractivity (Wildman–Crippen MR) is 84.3 cm³/mol. The number of hydrogen-bond acceptors (Lipinski definition) is 3. The summed E-state index contributed by atoms with van der Waals surface area (Å²) in [6, 6.07) is 9.22. The van der Waals surface area contributed by atoms with E-state index in [1.165, 1.54) is 0 Å². The van der Waals surface area contributed by atoms with Gasteiger partial charge in [0, 0.05) is 4.47 Å². The van der Waals surface area contributed by atoms with Crippen LogP contribution in [0.3, 0.4) is 0 Å². The van der Waals surface area contributed by atoms with Gasteiger partial charge in [-0.3, -0.25) is 0 Å².